The van der Waals surface area contributed by atoms with Crippen LogP contribution >= 0.6 is 0 Å². The van der Waals surface area contributed by atoms with Crippen LogP contribution in [0, 0.1) is 13.8 Å². The molecule has 0 saturated carbocycles. The number of aryl methyl sites for hydroxylation is 2. The topological polar surface area (TPSA) is 90.7 Å². The van der Waals surface area contributed by atoms with Crippen molar-refractivity contribution in [1.29, 1.82) is 0 Å². The standard InChI is InChI=1S/C18H20N2O4/c1-10-8-12-11(2)5-6-19-15(12)13(9-10)17(22)20-7-3-4-14(21)16(20)18(23)24/h5-6,8-9,14,16,21H,3-4,7H2,1-2H3,(H,23,24). The molecule has 1 aromatic heterocycles. The Hall–Kier alpha value is -2.47. The highest BCUT2D eigenvalue weighted by molar-refractivity contribution is 6.07. The van der Waals surface area contributed by atoms with Crippen LogP contribution in [-0.4, -0.2) is 50.7 Å². The van der Waals surface area contributed by atoms with Crippen molar-refractivity contribution in [3.05, 3.63) is 41.1 Å². The molecule has 1 saturated heterocycles. The highest BCUT2D eigenvalue weighted by Gasteiger charge is 2.39. The summed E-state index contributed by atoms with van der Waals surface area (Å²) in [6.07, 6.45) is 1.55. The van der Waals surface area contributed by atoms with Crippen LogP contribution in [0.3, 0.4) is 0 Å². The molecule has 126 valence electrons. The number of carbonyl (C=O) groups is 2. The maximum absolute atomic E-state index is 13.0. The average molecular weight is 328 g/mol. The number of likely N-dealkylation sites (tertiary alicyclic amines) is 1. The minimum absolute atomic E-state index is 0.314. The van der Waals surface area contributed by atoms with E-state index in [4.69, 9.17) is 0 Å². The lowest BCUT2D eigenvalue weighted by molar-refractivity contribution is -0.148. The second-order valence-corrected chi connectivity index (χ2v) is 6.33. The third-order valence-corrected chi connectivity index (χ3v) is 4.55. The van der Waals surface area contributed by atoms with Crippen molar-refractivity contribution >= 4 is 22.8 Å². The number of carbonyl (C=O) groups excluding carboxylic acids is 1. The first kappa shape index (κ1) is 16.4. The van der Waals surface area contributed by atoms with Crippen molar-refractivity contribution < 1.29 is 19.8 Å². The molecule has 6 heteroatoms. The van der Waals surface area contributed by atoms with Crippen LogP contribution in [0.15, 0.2) is 24.4 Å². The van der Waals surface area contributed by atoms with Gasteiger partial charge in [0, 0.05) is 18.1 Å². The number of hydrogen-bond acceptors (Lipinski definition) is 4. The first-order valence-corrected chi connectivity index (χ1v) is 7.98. The summed E-state index contributed by atoms with van der Waals surface area (Å²) in [7, 11) is 0. The van der Waals surface area contributed by atoms with Crippen molar-refractivity contribution in [2.75, 3.05) is 6.54 Å². The number of fused-ring (bicyclic) bond motifs is 1. The molecule has 0 spiro atoms. The number of nitrogens with zero attached hydrogens (tertiary/aromatic N) is 2. The quantitative estimate of drug-likeness (QED) is 0.879. The van der Waals surface area contributed by atoms with E-state index >= 15 is 0 Å². The predicted octanol–water partition coefficient (Wildman–Crippen LogP) is 1.90. The number of amides is 1. The number of aliphatic carboxylic acids is 1. The molecule has 0 aliphatic carbocycles. The monoisotopic (exact) mass is 328 g/mol. The van der Waals surface area contributed by atoms with Gasteiger partial charge in [0.05, 0.1) is 17.2 Å². The van der Waals surface area contributed by atoms with Gasteiger partial charge in [-0.25, -0.2) is 4.79 Å². The van der Waals surface area contributed by atoms with E-state index in [1.807, 2.05) is 26.0 Å². The fourth-order valence-electron chi connectivity index (χ4n) is 3.35. The molecular formula is C18H20N2O4. The van der Waals surface area contributed by atoms with Crippen molar-refractivity contribution in [2.45, 2.75) is 38.8 Å². The van der Waals surface area contributed by atoms with Gasteiger partial charge in [0.1, 0.15) is 0 Å². The molecule has 2 aromatic rings. The Morgan fingerprint density at radius 2 is 2.04 bits per heavy atom. The summed E-state index contributed by atoms with van der Waals surface area (Å²) in [6.45, 7) is 4.15. The zero-order valence-corrected chi connectivity index (χ0v) is 13.7. The lowest BCUT2D eigenvalue weighted by atomic mass is 9.96. The number of piperidine rings is 1. The van der Waals surface area contributed by atoms with Crippen LogP contribution in [0.25, 0.3) is 10.9 Å². The maximum Gasteiger partial charge on any atom is 0.329 e. The van der Waals surface area contributed by atoms with Gasteiger partial charge in [-0.3, -0.25) is 9.78 Å². The van der Waals surface area contributed by atoms with E-state index in [2.05, 4.69) is 4.98 Å². The SMILES string of the molecule is Cc1cc(C(=O)N2CCCC(O)C2C(=O)O)c2nccc(C)c2c1. The molecule has 1 amide bonds. The van der Waals surface area contributed by atoms with Crippen LogP contribution in [0.4, 0.5) is 0 Å². The Balaban J connectivity index is 2.11. The van der Waals surface area contributed by atoms with Gasteiger partial charge < -0.3 is 15.1 Å². The molecule has 2 heterocycles. The van der Waals surface area contributed by atoms with E-state index in [1.165, 1.54) is 4.90 Å². The Morgan fingerprint density at radius 3 is 2.75 bits per heavy atom. The highest BCUT2D eigenvalue weighted by atomic mass is 16.4. The molecule has 2 atom stereocenters. The average Bonchev–Trinajstić information content (AvgIpc) is 2.54. The van der Waals surface area contributed by atoms with Crippen LogP contribution in [-0.2, 0) is 4.79 Å². The zero-order valence-electron chi connectivity index (χ0n) is 13.7. The number of carboxylic acids is 1. The van der Waals surface area contributed by atoms with Gasteiger partial charge in [-0.1, -0.05) is 0 Å². The molecule has 1 aliphatic rings. The molecule has 6 nitrogen and oxygen atoms in total. The zero-order chi connectivity index (χ0) is 17.4. The van der Waals surface area contributed by atoms with E-state index in [9.17, 15) is 19.8 Å². The van der Waals surface area contributed by atoms with Crippen molar-refractivity contribution in [2.24, 2.45) is 0 Å². The van der Waals surface area contributed by atoms with E-state index in [1.54, 1.807) is 12.3 Å². The van der Waals surface area contributed by atoms with E-state index in [-0.39, 0.29) is 0 Å². The molecule has 1 fully saturated rings. The Kier molecular flexibility index (Phi) is 4.24. The molecule has 1 aromatic carbocycles. The van der Waals surface area contributed by atoms with Gasteiger partial charge in [0.15, 0.2) is 6.04 Å². The minimum Gasteiger partial charge on any atom is -0.480 e. The van der Waals surface area contributed by atoms with E-state index < -0.39 is 24.0 Å². The third-order valence-electron chi connectivity index (χ3n) is 4.55. The van der Waals surface area contributed by atoms with E-state index in [0.717, 1.165) is 16.5 Å². The smallest absolute Gasteiger partial charge is 0.329 e. The number of carboxylic acid groups (broad SMARTS) is 1. The second kappa shape index (κ2) is 6.20. The number of aromatic nitrogens is 1. The summed E-state index contributed by atoms with van der Waals surface area (Å²) < 4.78 is 0. The van der Waals surface area contributed by atoms with Crippen molar-refractivity contribution in [3.63, 3.8) is 0 Å². The van der Waals surface area contributed by atoms with Crippen LogP contribution in [0.2, 0.25) is 0 Å². The summed E-state index contributed by atoms with van der Waals surface area (Å²) in [4.78, 5) is 30.2. The summed E-state index contributed by atoms with van der Waals surface area (Å²) in [5, 5.41) is 20.3. The number of aliphatic hydroxyl groups is 1. The van der Waals surface area contributed by atoms with Crippen LogP contribution in [0.5, 0.6) is 0 Å². The second-order valence-electron chi connectivity index (χ2n) is 6.33. The molecule has 1 aliphatic heterocycles. The maximum atomic E-state index is 13.0. The minimum atomic E-state index is -1.22. The molecule has 0 bridgehead atoms. The summed E-state index contributed by atoms with van der Waals surface area (Å²) >= 11 is 0. The summed E-state index contributed by atoms with van der Waals surface area (Å²) in [5.74, 6) is -1.58. The molecule has 2 N–H and O–H groups in total. The van der Waals surface area contributed by atoms with Gasteiger partial charge >= 0.3 is 5.97 Å². The van der Waals surface area contributed by atoms with Crippen LogP contribution in [0.1, 0.15) is 34.3 Å². The summed E-state index contributed by atoms with van der Waals surface area (Å²) in [5.41, 5.74) is 2.86. The Bertz CT molecular complexity index is 818. The normalized spacial score (nSPS) is 21.0. The highest BCUT2D eigenvalue weighted by Crippen LogP contribution is 2.26. The van der Waals surface area contributed by atoms with Crippen LogP contribution < -0.4 is 0 Å². The first-order valence-electron chi connectivity index (χ1n) is 7.98. The first-order chi connectivity index (χ1) is 11.4. The van der Waals surface area contributed by atoms with Gasteiger partial charge in [0.25, 0.3) is 5.91 Å². The lowest BCUT2D eigenvalue weighted by Gasteiger charge is -2.36. The van der Waals surface area contributed by atoms with E-state index in [0.29, 0.717) is 30.5 Å². The number of pyridine rings is 1. The lowest BCUT2D eigenvalue weighted by Crippen LogP contribution is -2.55. The molecule has 24 heavy (non-hydrogen) atoms. The number of benzene rings is 1. The molecule has 3 rings (SSSR count). The molecule has 2 unspecified atom stereocenters. The molecular weight excluding hydrogens is 308 g/mol. The van der Waals surface area contributed by atoms with Gasteiger partial charge in [0.2, 0.25) is 0 Å². The Labute approximate surface area is 139 Å². The van der Waals surface area contributed by atoms with Gasteiger partial charge in [-0.15, -0.1) is 0 Å². The predicted molar refractivity (Wildman–Crippen MR) is 88.9 cm³/mol. The number of hydrogen-bond donors (Lipinski definition) is 2. The van der Waals surface area contributed by atoms with Crippen molar-refractivity contribution in [3.8, 4) is 0 Å². The number of aliphatic hydroxyl groups excluding tert-OH is 1. The number of rotatable bonds is 2. The molecule has 0 radical (unpaired) electrons. The third kappa shape index (κ3) is 2.73. The fraction of sp³-hybridized carbons (Fsp3) is 0.389. The fourth-order valence-corrected chi connectivity index (χ4v) is 3.35. The van der Waals surface area contributed by atoms with Crippen molar-refractivity contribution in [1.82, 2.24) is 9.88 Å². The Morgan fingerprint density at radius 1 is 1.29 bits per heavy atom. The largest absolute Gasteiger partial charge is 0.480 e. The van der Waals surface area contributed by atoms with Gasteiger partial charge in [-0.05, 0) is 56.0 Å². The van der Waals surface area contributed by atoms with Gasteiger partial charge in [-0.2, -0.15) is 0 Å². The summed E-state index contributed by atoms with van der Waals surface area (Å²) in [6, 6.07) is 4.36.